The van der Waals surface area contributed by atoms with Crippen molar-refractivity contribution in [1.29, 1.82) is 0 Å². The van der Waals surface area contributed by atoms with Gasteiger partial charge in [0.2, 0.25) is 0 Å². The zero-order valence-corrected chi connectivity index (χ0v) is 10.7. The third kappa shape index (κ3) is 2.82. The highest BCUT2D eigenvalue weighted by atomic mass is 16.3. The lowest BCUT2D eigenvalue weighted by Crippen LogP contribution is -2.37. The molecule has 2 N–H and O–H groups in total. The minimum absolute atomic E-state index is 0.127. The van der Waals surface area contributed by atoms with E-state index in [0.29, 0.717) is 0 Å². The number of aliphatic hydroxyl groups is 1. The number of aromatic nitrogens is 1. The van der Waals surface area contributed by atoms with Gasteiger partial charge in [0.1, 0.15) is 5.82 Å². The fraction of sp³-hybridized carbons (Fsp3) is 0.643. The summed E-state index contributed by atoms with van der Waals surface area (Å²) in [6, 6.07) is 4.89. The van der Waals surface area contributed by atoms with Crippen LogP contribution in [0.15, 0.2) is 18.3 Å². The molecule has 1 aromatic rings. The predicted octanol–water partition coefficient (Wildman–Crippen LogP) is 1.29. The van der Waals surface area contributed by atoms with Crippen LogP contribution >= 0.6 is 0 Å². The van der Waals surface area contributed by atoms with Gasteiger partial charge < -0.3 is 15.3 Å². The summed E-state index contributed by atoms with van der Waals surface area (Å²) in [7, 11) is 0. The van der Waals surface area contributed by atoms with Gasteiger partial charge in [0.05, 0.1) is 6.10 Å². The number of nitrogens with zero attached hydrogens (tertiary/aromatic N) is 2. The fourth-order valence-electron chi connectivity index (χ4n) is 2.47. The van der Waals surface area contributed by atoms with Crippen molar-refractivity contribution in [3.8, 4) is 0 Å². The minimum Gasteiger partial charge on any atom is -0.393 e. The molecule has 0 atom stereocenters. The summed E-state index contributed by atoms with van der Waals surface area (Å²) < 4.78 is 0. The highest BCUT2D eigenvalue weighted by Gasteiger charge is 2.23. The summed E-state index contributed by atoms with van der Waals surface area (Å²) in [5.74, 6) is 1.09. The lowest BCUT2D eigenvalue weighted by atomic mass is 10.1. The second kappa shape index (κ2) is 5.24. The van der Waals surface area contributed by atoms with E-state index in [1.54, 1.807) is 0 Å². The molecular formula is C14H21N3O. The molecule has 0 bridgehead atoms. The molecule has 1 aromatic heterocycles. The zero-order chi connectivity index (χ0) is 12.4. The Morgan fingerprint density at radius 2 is 2.06 bits per heavy atom. The molecule has 2 heterocycles. The van der Waals surface area contributed by atoms with Gasteiger partial charge in [-0.3, -0.25) is 0 Å². The van der Waals surface area contributed by atoms with Gasteiger partial charge in [0.15, 0.2) is 0 Å². The summed E-state index contributed by atoms with van der Waals surface area (Å²) in [4.78, 5) is 6.83. The average molecular weight is 247 g/mol. The predicted molar refractivity (Wildman–Crippen MR) is 71.6 cm³/mol. The molecule has 0 amide bonds. The summed E-state index contributed by atoms with van der Waals surface area (Å²) >= 11 is 0. The van der Waals surface area contributed by atoms with Gasteiger partial charge in [0.25, 0.3) is 0 Å². The van der Waals surface area contributed by atoms with Gasteiger partial charge in [-0.1, -0.05) is 6.07 Å². The van der Waals surface area contributed by atoms with Gasteiger partial charge in [0, 0.05) is 37.4 Å². The maximum Gasteiger partial charge on any atom is 0.133 e. The maximum atomic E-state index is 9.57. The second-order valence-electron chi connectivity index (χ2n) is 5.36. The van der Waals surface area contributed by atoms with Crippen LogP contribution in [0.5, 0.6) is 0 Å². The van der Waals surface area contributed by atoms with Crippen LogP contribution in [0.2, 0.25) is 0 Å². The molecule has 2 fully saturated rings. The van der Waals surface area contributed by atoms with Crippen molar-refractivity contribution in [2.45, 2.75) is 44.4 Å². The maximum absolute atomic E-state index is 9.57. The van der Waals surface area contributed by atoms with Crippen molar-refractivity contribution < 1.29 is 5.11 Å². The highest BCUT2D eigenvalue weighted by Crippen LogP contribution is 2.24. The summed E-state index contributed by atoms with van der Waals surface area (Å²) in [6.45, 7) is 2.73. The molecule has 0 spiro atoms. The van der Waals surface area contributed by atoms with E-state index in [-0.39, 0.29) is 6.10 Å². The molecule has 1 aliphatic carbocycles. The number of hydrogen-bond donors (Lipinski definition) is 2. The highest BCUT2D eigenvalue weighted by molar-refractivity contribution is 5.47. The second-order valence-corrected chi connectivity index (χ2v) is 5.36. The van der Waals surface area contributed by atoms with E-state index in [1.165, 1.54) is 18.4 Å². The summed E-state index contributed by atoms with van der Waals surface area (Å²) in [6.07, 6.45) is 6.06. The largest absolute Gasteiger partial charge is 0.393 e. The van der Waals surface area contributed by atoms with Crippen molar-refractivity contribution >= 4 is 5.82 Å². The van der Waals surface area contributed by atoms with E-state index in [9.17, 15) is 5.11 Å². The molecule has 1 saturated carbocycles. The minimum atomic E-state index is -0.127. The van der Waals surface area contributed by atoms with Crippen LogP contribution < -0.4 is 10.2 Å². The first kappa shape index (κ1) is 11.9. The van der Waals surface area contributed by atoms with E-state index in [0.717, 1.165) is 44.3 Å². The number of aliphatic hydroxyl groups excluding tert-OH is 1. The third-order valence-corrected chi connectivity index (χ3v) is 3.79. The number of rotatable bonds is 4. The molecule has 0 aromatic carbocycles. The van der Waals surface area contributed by atoms with E-state index in [4.69, 9.17) is 0 Å². The number of anilines is 1. The number of nitrogens with one attached hydrogen (secondary N) is 1. The zero-order valence-electron chi connectivity index (χ0n) is 10.7. The Morgan fingerprint density at radius 3 is 2.78 bits per heavy atom. The molecule has 3 rings (SSSR count). The molecule has 4 heteroatoms. The molecule has 18 heavy (non-hydrogen) atoms. The summed E-state index contributed by atoms with van der Waals surface area (Å²) in [5, 5.41) is 13.1. The van der Waals surface area contributed by atoms with Crippen molar-refractivity contribution in [2.75, 3.05) is 18.0 Å². The number of hydrogen-bond acceptors (Lipinski definition) is 4. The first-order valence-electron chi connectivity index (χ1n) is 6.93. The molecule has 1 aliphatic heterocycles. The van der Waals surface area contributed by atoms with Gasteiger partial charge in [-0.15, -0.1) is 0 Å². The van der Waals surface area contributed by atoms with Crippen molar-refractivity contribution in [3.63, 3.8) is 0 Å². The van der Waals surface area contributed by atoms with Crippen LogP contribution in [0, 0.1) is 0 Å². The van der Waals surface area contributed by atoms with E-state index < -0.39 is 0 Å². The quantitative estimate of drug-likeness (QED) is 0.842. The normalized spacial score (nSPS) is 21.3. The van der Waals surface area contributed by atoms with Gasteiger partial charge in [-0.2, -0.15) is 0 Å². The van der Waals surface area contributed by atoms with Crippen molar-refractivity contribution in [3.05, 3.63) is 23.9 Å². The van der Waals surface area contributed by atoms with Crippen LogP contribution in [0.3, 0.4) is 0 Å². The van der Waals surface area contributed by atoms with Crippen LogP contribution in [0.4, 0.5) is 5.82 Å². The fourth-order valence-corrected chi connectivity index (χ4v) is 2.47. The molecule has 98 valence electrons. The molecule has 2 aliphatic rings. The van der Waals surface area contributed by atoms with Gasteiger partial charge >= 0.3 is 0 Å². The Hall–Kier alpha value is -1.13. The van der Waals surface area contributed by atoms with Crippen molar-refractivity contribution in [2.24, 2.45) is 0 Å². The van der Waals surface area contributed by atoms with E-state index in [1.807, 2.05) is 12.3 Å². The lowest BCUT2D eigenvalue weighted by Gasteiger charge is -2.31. The summed E-state index contributed by atoms with van der Waals surface area (Å²) in [5.41, 5.74) is 1.28. The lowest BCUT2D eigenvalue weighted by molar-refractivity contribution is 0.145. The van der Waals surface area contributed by atoms with Crippen LogP contribution in [0.1, 0.15) is 31.2 Å². The van der Waals surface area contributed by atoms with Crippen molar-refractivity contribution in [1.82, 2.24) is 10.3 Å². The van der Waals surface area contributed by atoms with Crippen LogP contribution in [0.25, 0.3) is 0 Å². The SMILES string of the molecule is OC1CCN(c2ncccc2CNC2CC2)CC1. The molecule has 4 nitrogen and oxygen atoms in total. The van der Waals surface area contributed by atoms with E-state index in [2.05, 4.69) is 21.3 Å². The van der Waals surface area contributed by atoms with Crippen LogP contribution in [-0.4, -0.2) is 35.3 Å². The molecule has 0 radical (unpaired) electrons. The standard InChI is InChI=1S/C14H21N3O/c18-13-5-8-17(9-6-13)14-11(2-1-7-15-14)10-16-12-3-4-12/h1-2,7,12-13,16,18H,3-6,8-10H2. The monoisotopic (exact) mass is 247 g/mol. The Morgan fingerprint density at radius 1 is 1.28 bits per heavy atom. The smallest absolute Gasteiger partial charge is 0.133 e. The first-order chi connectivity index (χ1) is 8.83. The van der Waals surface area contributed by atoms with Crippen LogP contribution in [-0.2, 0) is 6.54 Å². The topological polar surface area (TPSA) is 48.4 Å². The number of pyridine rings is 1. The molecule has 1 saturated heterocycles. The number of piperidine rings is 1. The van der Waals surface area contributed by atoms with Gasteiger partial charge in [-0.25, -0.2) is 4.98 Å². The molecular weight excluding hydrogens is 226 g/mol. The van der Waals surface area contributed by atoms with E-state index >= 15 is 0 Å². The Balaban J connectivity index is 1.69. The van der Waals surface area contributed by atoms with Gasteiger partial charge in [-0.05, 0) is 31.7 Å². The third-order valence-electron chi connectivity index (χ3n) is 3.79. The Labute approximate surface area is 108 Å². The Kier molecular flexibility index (Phi) is 3.48. The first-order valence-corrected chi connectivity index (χ1v) is 6.93. The Bertz CT molecular complexity index is 398. The average Bonchev–Trinajstić information content (AvgIpc) is 3.22. The molecule has 0 unspecified atom stereocenters.